The van der Waals surface area contributed by atoms with E-state index in [0.29, 0.717) is 16.9 Å². The third-order valence-electron chi connectivity index (χ3n) is 4.20. The first-order valence-corrected chi connectivity index (χ1v) is 8.64. The molecule has 0 spiro atoms. The topological polar surface area (TPSA) is 109 Å². The van der Waals surface area contributed by atoms with Crippen LogP contribution in [0.3, 0.4) is 0 Å². The molecule has 0 aromatic heterocycles. The summed E-state index contributed by atoms with van der Waals surface area (Å²) in [7, 11) is 1.18. The van der Waals surface area contributed by atoms with Crippen molar-refractivity contribution in [1.82, 2.24) is 10.2 Å². The van der Waals surface area contributed by atoms with Crippen molar-refractivity contribution in [3.8, 4) is 11.8 Å². The molecule has 8 heteroatoms. The second-order valence-electron chi connectivity index (χ2n) is 6.08. The molecule has 8 nitrogen and oxygen atoms in total. The van der Waals surface area contributed by atoms with Crippen LogP contribution in [0.1, 0.15) is 16.7 Å². The van der Waals surface area contributed by atoms with Crippen molar-refractivity contribution >= 4 is 24.0 Å². The average molecular weight is 391 g/mol. The maximum Gasteiger partial charge on any atom is 0.329 e. The molecule has 1 aliphatic rings. The number of carbonyl (C=O) groups excluding carboxylic acids is 3. The van der Waals surface area contributed by atoms with E-state index in [2.05, 4.69) is 16.1 Å². The van der Waals surface area contributed by atoms with Gasteiger partial charge in [0.15, 0.2) is 0 Å². The van der Waals surface area contributed by atoms with Crippen LogP contribution in [0.5, 0.6) is 5.75 Å². The summed E-state index contributed by atoms with van der Waals surface area (Å²) in [6.45, 7) is -0.198. The summed E-state index contributed by atoms with van der Waals surface area (Å²) in [4.78, 5) is 36.2. The van der Waals surface area contributed by atoms with Gasteiger partial charge in [-0.3, -0.25) is 9.59 Å². The standard InChI is InChI=1S/C21H17N3O5/c1-28-19(25)12-24-20(26)18(23-21(24)27)10-14-6-8-17(9-7-14)29-13-16-5-3-2-4-15(16)11-22/h2-10H,12-13H2,1H3,(H,23,27)/b18-10+. The molecule has 0 saturated carbocycles. The van der Waals surface area contributed by atoms with E-state index in [-0.39, 0.29) is 12.3 Å². The van der Waals surface area contributed by atoms with Crippen LogP contribution >= 0.6 is 0 Å². The molecule has 0 aliphatic carbocycles. The van der Waals surface area contributed by atoms with Crippen LogP contribution in [-0.4, -0.2) is 36.5 Å². The van der Waals surface area contributed by atoms with Crippen LogP contribution in [0.4, 0.5) is 4.79 Å². The molecule has 2 aromatic rings. The molecule has 146 valence electrons. The summed E-state index contributed by atoms with van der Waals surface area (Å²) in [6.07, 6.45) is 1.51. The number of hydrogen-bond acceptors (Lipinski definition) is 6. The van der Waals surface area contributed by atoms with Gasteiger partial charge >= 0.3 is 12.0 Å². The van der Waals surface area contributed by atoms with Gasteiger partial charge in [0.25, 0.3) is 5.91 Å². The van der Waals surface area contributed by atoms with Crippen LogP contribution in [-0.2, 0) is 20.9 Å². The fraction of sp³-hybridized carbons (Fsp3) is 0.143. The summed E-state index contributed by atoms with van der Waals surface area (Å²) in [5.41, 5.74) is 2.07. The first-order valence-electron chi connectivity index (χ1n) is 8.64. The average Bonchev–Trinajstić information content (AvgIpc) is 3.00. The van der Waals surface area contributed by atoms with Crippen molar-refractivity contribution in [3.63, 3.8) is 0 Å². The summed E-state index contributed by atoms with van der Waals surface area (Å²) in [5.74, 6) is -0.697. The lowest BCUT2D eigenvalue weighted by Gasteiger charge is -2.09. The Labute approximate surface area is 166 Å². The number of rotatable bonds is 6. The molecule has 1 heterocycles. The number of ether oxygens (including phenoxy) is 2. The van der Waals surface area contributed by atoms with Crippen LogP contribution in [0, 0.1) is 11.3 Å². The molecule has 0 unspecified atom stereocenters. The lowest BCUT2D eigenvalue weighted by Crippen LogP contribution is -2.36. The van der Waals surface area contributed by atoms with Crippen molar-refractivity contribution in [2.45, 2.75) is 6.61 Å². The van der Waals surface area contributed by atoms with Crippen LogP contribution in [0.25, 0.3) is 6.08 Å². The van der Waals surface area contributed by atoms with Gasteiger partial charge in [-0.05, 0) is 29.8 Å². The second kappa shape index (κ2) is 8.71. The van der Waals surface area contributed by atoms with Crippen LogP contribution in [0.15, 0.2) is 54.2 Å². The third-order valence-corrected chi connectivity index (χ3v) is 4.20. The zero-order chi connectivity index (χ0) is 20.8. The molecule has 0 atom stereocenters. The van der Waals surface area contributed by atoms with Crippen molar-refractivity contribution < 1.29 is 23.9 Å². The maximum absolute atomic E-state index is 12.3. The van der Waals surface area contributed by atoms with Gasteiger partial charge in [0.1, 0.15) is 24.6 Å². The van der Waals surface area contributed by atoms with E-state index in [1.807, 2.05) is 12.1 Å². The fourth-order valence-electron chi connectivity index (χ4n) is 2.65. The van der Waals surface area contributed by atoms with Crippen molar-refractivity contribution in [1.29, 1.82) is 5.26 Å². The Morgan fingerprint density at radius 3 is 2.59 bits per heavy atom. The molecule has 1 saturated heterocycles. The van der Waals surface area contributed by atoms with Gasteiger partial charge in [0.2, 0.25) is 0 Å². The lowest BCUT2D eigenvalue weighted by molar-refractivity contribution is -0.143. The van der Waals surface area contributed by atoms with Crippen molar-refractivity contribution in [2.75, 3.05) is 13.7 Å². The number of imide groups is 1. The monoisotopic (exact) mass is 391 g/mol. The predicted molar refractivity (Wildman–Crippen MR) is 102 cm³/mol. The molecule has 1 aliphatic heterocycles. The predicted octanol–water partition coefficient (Wildman–Crippen LogP) is 2.20. The molecule has 1 N–H and O–H groups in total. The van der Waals surface area contributed by atoms with Crippen LogP contribution < -0.4 is 10.1 Å². The number of methoxy groups -OCH3 is 1. The summed E-state index contributed by atoms with van der Waals surface area (Å²) in [5, 5.41) is 11.5. The van der Waals surface area contributed by atoms with Gasteiger partial charge in [-0.2, -0.15) is 5.26 Å². The zero-order valence-corrected chi connectivity index (χ0v) is 15.5. The molecule has 3 amide bonds. The number of benzene rings is 2. The molecule has 2 aromatic carbocycles. The van der Waals surface area contributed by atoms with Gasteiger partial charge in [0.05, 0.1) is 18.7 Å². The second-order valence-corrected chi connectivity index (χ2v) is 6.08. The maximum atomic E-state index is 12.3. The van der Waals surface area contributed by atoms with Gasteiger partial charge in [-0.25, -0.2) is 9.69 Å². The van der Waals surface area contributed by atoms with Gasteiger partial charge in [0, 0.05) is 5.56 Å². The van der Waals surface area contributed by atoms with E-state index in [9.17, 15) is 14.4 Å². The quantitative estimate of drug-likeness (QED) is 0.459. The minimum Gasteiger partial charge on any atom is -0.489 e. The summed E-state index contributed by atoms with van der Waals surface area (Å²) >= 11 is 0. The van der Waals surface area contributed by atoms with Crippen molar-refractivity contribution in [2.24, 2.45) is 0 Å². The van der Waals surface area contributed by atoms with Gasteiger partial charge in [-0.1, -0.05) is 30.3 Å². The lowest BCUT2D eigenvalue weighted by atomic mass is 10.1. The Bertz CT molecular complexity index is 1020. The minimum atomic E-state index is -0.686. The summed E-state index contributed by atoms with van der Waals surface area (Å²) < 4.78 is 10.2. The van der Waals surface area contributed by atoms with E-state index in [1.165, 1.54) is 13.2 Å². The molecule has 0 bridgehead atoms. The highest BCUT2D eigenvalue weighted by atomic mass is 16.5. The first kappa shape index (κ1) is 19.6. The first-order chi connectivity index (χ1) is 14.0. The Morgan fingerprint density at radius 1 is 1.17 bits per heavy atom. The number of urea groups is 1. The highest BCUT2D eigenvalue weighted by Crippen LogP contribution is 2.19. The van der Waals surface area contributed by atoms with E-state index in [4.69, 9.17) is 10.00 Å². The highest BCUT2D eigenvalue weighted by molar-refractivity contribution is 6.15. The summed E-state index contributed by atoms with van der Waals surface area (Å²) in [6, 6.07) is 15.5. The zero-order valence-electron chi connectivity index (χ0n) is 15.5. The Kier molecular flexibility index (Phi) is 5.90. The normalized spacial score (nSPS) is 14.5. The fourth-order valence-corrected chi connectivity index (χ4v) is 2.65. The number of nitrogens with one attached hydrogen (secondary N) is 1. The number of amides is 3. The SMILES string of the molecule is COC(=O)CN1C(=O)N/C(=C/c2ccc(OCc3ccccc3C#N)cc2)C1=O. The van der Waals surface area contributed by atoms with E-state index >= 15 is 0 Å². The number of carbonyl (C=O) groups is 3. The molecular formula is C21H17N3O5. The minimum absolute atomic E-state index is 0.0653. The van der Waals surface area contributed by atoms with E-state index < -0.39 is 24.5 Å². The van der Waals surface area contributed by atoms with E-state index in [0.717, 1.165) is 10.5 Å². The Balaban J connectivity index is 1.66. The van der Waals surface area contributed by atoms with Gasteiger partial charge in [-0.15, -0.1) is 0 Å². The number of esters is 1. The number of nitrogens with zero attached hydrogens (tertiary/aromatic N) is 2. The molecular weight excluding hydrogens is 374 g/mol. The molecule has 0 radical (unpaired) electrons. The Morgan fingerprint density at radius 2 is 1.90 bits per heavy atom. The number of nitriles is 1. The molecule has 1 fully saturated rings. The van der Waals surface area contributed by atoms with Crippen molar-refractivity contribution in [3.05, 3.63) is 70.9 Å². The van der Waals surface area contributed by atoms with Gasteiger partial charge < -0.3 is 14.8 Å². The smallest absolute Gasteiger partial charge is 0.329 e. The highest BCUT2D eigenvalue weighted by Gasteiger charge is 2.35. The molecule has 29 heavy (non-hydrogen) atoms. The van der Waals surface area contributed by atoms with Crippen LogP contribution in [0.2, 0.25) is 0 Å². The third kappa shape index (κ3) is 4.59. The van der Waals surface area contributed by atoms with E-state index in [1.54, 1.807) is 36.4 Å². The molecule has 3 rings (SSSR count). The Hall–Kier alpha value is -4.12. The number of hydrogen-bond donors (Lipinski definition) is 1. The largest absolute Gasteiger partial charge is 0.489 e.